The van der Waals surface area contributed by atoms with Gasteiger partial charge in [0.15, 0.2) is 5.69 Å². The van der Waals surface area contributed by atoms with Gasteiger partial charge in [0.05, 0.1) is 18.7 Å². The van der Waals surface area contributed by atoms with Crippen molar-refractivity contribution < 1.29 is 14.3 Å². The molecule has 7 heteroatoms. The quantitative estimate of drug-likeness (QED) is 0.741. The van der Waals surface area contributed by atoms with Crippen LogP contribution in [0.1, 0.15) is 39.2 Å². The van der Waals surface area contributed by atoms with Gasteiger partial charge >= 0.3 is 0 Å². The summed E-state index contributed by atoms with van der Waals surface area (Å²) in [6.45, 7) is 6.07. The van der Waals surface area contributed by atoms with Gasteiger partial charge in [-0.05, 0) is 36.6 Å². The van der Waals surface area contributed by atoms with Crippen LogP contribution < -0.4 is 5.32 Å². The number of ether oxygens (including phenoxy) is 1. The van der Waals surface area contributed by atoms with Crippen molar-refractivity contribution in [1.29, 1.82) is 0 Å². The van der Waals surface area contributed by atoms with Gasteiger partial charge in [0.2, 0.25) is 5.82 Å². The molecule has 0 bridgehead atoms. The van der Waals surface area contributed by atoms with E-state index in [0.717, 1.165) is 23.2 Å². The summed E-state index contributed by atoms with van der Waals surface area (Å²) in [5, 5.41) is 3.01. The van der Waals surface area contributed by atoms with E-state index < -0.39 is 0 Å². The molecular weight excluding hydrogens is 368 g/mol. The third kappa shape index (κ3) is 3.61. The van der Waals surface area contributed by atoms with E-state index in [1.165, 1.54) is 0 Å². The molecule has 7 nitrogen and oxygen atoms in total. The van der Waals surface area contributed by atoms with Crippen molar-refractivity contribution in [1.82, 2.24) is 14.3 Å². The molecule has 1 aromatic carbocycles. The molecule has 0 aliphatic carbocycles. The van der Waals surface area contributed by atoms with Crippen LogP contribution in [0.4, 0.5) is 5.69 Å². The van der Waals surface area contributed by atoms with Gasteiger partial charge in [0.1, 0.15) is 0 Å². The molecule has 2 amide bonds. The molecule has 1 saturated heterocycles. The predicted octanol–water partition coefficient (Wildman–Crippen LogP) is 2.93. The molecule has 1 aliphatic rings. The number of pyridine rings is 1. The molecule has 29 heavy (non-hydrogen) atoms. The minimum absolute atomic E-state index is 0.196. The molecule has 3 heterocycles. The summed E-state index contributed by atoms with van der Waals surface area (Å²) in [6, 6.07) is 11.4. The molecule has 150 valence electrons. The van der Waals surface area contributed by atoms with Gasteiger partial charge in [0.25, 0.3) is 11.8 Å². The maximum absolute atomic E-state index is 13.1. The number of amides is 2. The number of hydrogen-bond acceptors (Lipinski definition) is 4. The van der Waals surface area contributed by atoms with Gasteiger partial charge in [-0.1, -0.05) is 31.2 Å². The van der Waals surface area contributed by atoms with Crippen LogP contribution in [0.5, 0.6) is 0 Å². The zero-order valence-corrected chi connectivity index (χ0v) is 16.6. The number of para-hydroxylation sites is 1. The molecule has 0 saturated carbocycles. The lowest BCUT2D eigenvalue weighted by Gasteiger charge is -2.26. The number of aryl methyl sites for hydroxylation is 2. The number of morpholine rings is 1. The van der Waals surface area contributed by atoms with Crippen molar-refractivity contribution in [3.05, 3.63) is 65.2 Å². The lowest BCUT2D eigenvalue weighted by atomic mass is 10.1. The molecule has 2 aromatic heterocycles. The summed E-state index contributed by atoms with van der Waals surface area (Å²) in [5.74, 6) is -0.273. The molecule has 4 rings (SSSR count). The second kappa shape index (κ2) is 8.05. The fourth-order valence-electron chi connectivity index (χ4n) is 3.64. The van der Waals surface area contributed by atoms with E-state index >= 15 is 0 Å². The molecule has 1 aliphatic heterocycles. The van der Waals surface area contributed by atoms with Crippen molar-refractivity contribution >= 4 is 23.0 Å². The average molecular weight is 392 g/mol. The van der Waals surface area contributed by atoms with Crippen LogP contribution in [-0.2, 0) is 11.2 Å². The minimum atomic E-state index is -0.321. The number of carbonyl (C=O) groups is 2. The first kappa shape index (κ1) is 19.1. The number of benzene rings is 1. The van der Waals surface area contributed by atoms with E-state index in [2.05, 4.69) is 17.2 Å². The van der Waals surface area contributed by atoms with Crippen molar-refractivity contribution in [2.24, 2.45) is 0 Å². The Labute approximate surface area is 169 Å². The molecule has 0 radical (unpaired) electrons. The van der Waals surface area contributed by atoms with Crippen LogP contribution in [0.2, 0.25) is 0 Å². The monoisotopic (exact) mass is 392 g/mol. The SMILES string of the molecule is CCc1cccc(C)c1NC(=O)c1nc(C(=O)N2CCOCC2)n2ccccc12. The second-order valence-electron chi connectivity index (χ2n) is 7.06. The highest BCUT2D eigenvalue weighted by Crippen LogP contribution is 2.23. The number of nitrogens with one attached hydrogen (secondary N) is 1. The van der Waals surface area contributed by atoms with Gasteiger partial charge in [-0.3, -0.25) is 14.0 Å². The maximum atomic E-state index is 13.1. The zero-order valence-electron chi connectivity index (χ0n) is 16.6. The Bertz CT molecular complexity index is 1070. The Kier molecular flexibility index (Phi) is 5.31. The van der Waals surface area contributed by atoms with Crippen molar-refractivity contribution in [2.45, 2.75) is 20.3 Å². The van der Waals surface area contributed by atoms with Crippen molar-refractivity contribution in [3.8, 4) is 0 Å². The fraction of sp³-hybridized carbons (Fsp3) is 0.318. The molecule has 3 aromatic rings. The van der Waals surface area contributed by atoms with E-state index in [4.69, 9.17) is 4.74 Å². The Morgan fingerprint density at radius 3 is 2.69 bits per heavy atom. The smallest absolute Gasteiger partial charge is 0.290 e. The van der Waals surface area contributed by atoms with Crippen LogP contribution >= 0.6 is 0 Å². The van der Waals surface area contributed by atoms with Crippen LogP contribution in [0.3, 0.4) is 0 Å². The van der Waals surface area contributed by atoms with Gasteiger partial charge in [-0.2, -0.15) is 0 Å². The third-order valence-electron chi connectivity index (χ3n) is 5.23. The highest BCUT2D eigenvalue weighted by atomic mass is 16.5. The number of nitrogens with zero attached hydrogens (tertiary/aromatic N) is 3. The lowest BCUT2D eigenvalue weighted by Crippen LogP contribution is -2.41. The van der Waals surface area contributed by atoms with Gasteiger partial charge in [-0.25, -0.2) is 4.98 Å². The molecule has 0 unspecified atom stereocenters. The number of anilines is 1. The first-order valence-corrected chi connectivity index (χ1v) is 9.84. The van der Waals surface area contributed by atoms with E-state index in [9.17, 15) is 9.59 Å². The number of fused-ring (bicyclic) bond motifs is 1. The number of hydrogen-bond donors (Lipinski definition) is 1. The van der Waals surface area contributed by atoms with Crippen molar-refractivity contribution in [3.63, 3.8) is 0 Å². The zero-order chi connectivity index (χ0) is 20.4. The number of aromatic nitrogens is 2. The van der Waals surface area contributed by atoms with Gasteiger partial charge in [-0.15, -0.1) is 0 Å². The standard InChI is InChI=1S/C22H24N4O3/c1-3-16-8-6-7-15(2)18(16)24-21(27)19-17-9-4-5-10-26(17)20(23-19)22(28)25-11-13-29-14-12-25/h4-10H,3,11-14H2,1-2H3,(H,24,27). The molecule has 1 fully saturated rings. The fourth-order valence-corrected chi connectivity index (χ4v) is 3.64. The number of carbonyl (C=O) groups excluding carboxylic acids is 2. The average Bonchev–Trinajstić information content (AvgIpc) is 3.15. The summed E-state index contributed by atoms with van der Waals surface area (Å²) in [5.41, 5.74) is 3.70. The Morgan fingerprint density at radius 2 is 1.93 bits per heavy atom. The van der Waals surface area contributed by atoms with Gasteiger partial charge in [0, 0.05) is 25.0 Å². The van der Waals surface area contributed by atoms with E-state index in [1.54, 1.807) is 21.6 Å². The molecule has 1 N–H and O–H groups in total. The maximum Gasteiger partial charge on any atom is 0.290 e. The summed E-state index contributed by atoms with van der Waals surface area (Å²) in [6.07, 6.45) is 2.57. The molecule has 0 spiro atoms. The Hall–Kier alpha value is -3.19. The summed E-state index contributed by atoms with van der Waals surface area (Å²) < 4.78 is 7.02. The third-order valence-corrected chi connectivity index (χ3v) is 5.23. The van der Waals surface area contributed by atoms with Crippen LogP contribution in [-0.4, -0.2) is 52.4 Å². The summed E-state index contributed by atoms with van der Waals surface area (Å²) >= 11 is 0. The normalized spacial score (nSPS) is 14.2. The topological polar surface area (TPSA) is 75.9 Å². The highest BCUT2D eigenvalue weighted by Gasteiger charge is 2.26. The van der Waals surface area contributed by atoms with E-state index in [1.807, 2.05) is 37.3 Å². The highest BCUT2D eigenvalue weighted by molar-refractivity contribution is 6.09. The number of imidazole rings is 1. The van der Waals surface area contributed by atoms with E-state index in [-0.39, 0.29) is 23.3 Å². The first-order chi connectivity index (χ1) is 14.1. The lowest BCUT2D eigenvalue weighted by molar-refractivity contribution is 0.0294. The van der Waals surface area contributed by atoms with Crippen molar-refractivity contribution in [2.75, 3.05) is 31.6 Å². The predicted molar refractivity (Wildman–Crippen MR) is 110 cm³/mol. The minimum Gasteiger partial charge on any atom is -0.378 e. The van der Waals surface area contributed by atoms with E-state index in [0.29, 0.717) is 31.8 Å². The van der Waals surface area contributed by atoms with Gasteiger partial charge < -0.3 is 15.0 Å². The summed E-state index contributed by atoms with van der Waals surface area (Å²) in [4.78, 5) is 32.3. The Balaban J connectivity index is 1.71. The Morgan fingerprint density at radius 1 is 1.14 bits per heavy atom. The first-order valence-electron chi connectivity index (χ1n) is 9.84. The summed E-state index contributed by atoms with van der Waals surface area (Å²) in [7, 11) is 0. The molecular formula is C22H24N4O3. The van der Waals surface area contributed by atoms with Crippen LogP contribution in [0, 0.1) is 6.92 Å². The number of rotatable bonds is 4. The van der Waals surface area contributed by atoms with Crippen LogP contribution in [0.15, 0.2) is 42.6 Å². The largest absolute Gasteiger partial charge is 0.378 e. The molecule has 0 atom stereocenters. The second-order valence-corrected chi connectivity index (χ2v) is 7.06. The van der Waals surface area contributed by atoms with Crippen LogP contribution in [0.25, 0.3) is 5.52 Å².